The van der Waals surface area contributed by atoms with Gasteiger partial charge in [-0.25, -0.2) is 0 Å². The molecule has 1 N–H and O–H groups in total. The van der Waals surface area contributed by atoms with Crippen molar-refractivity contribution in [3.63, 3.8) is 0 Å². The number of rotatable bonds is 4. The van der Waals surface area contributed by atoms with Crippen LogP contribution in [0.4, 0.5) is 11.4 Å². The zero-order chi connectivity index (χ0) is 14.7. The average Bonchev–Trinajstić information content (AvgIpc) is 2.85. The van der Waals surface area contributed by atoms with Gasteiger partial charge in [-0.05, 0) is 40.8 Å². The van der Waals surface area contributed by atoms with Gasteiger partial charge in [0.05, 0.1) is 20.5 Å². The van der Waals surface area contributed by atoms with Gasteiger partial charge in [-0.2, -0.15) is 0 Å². The Labute approximate surface area is 132 Å². The highest BCUT2D eigenvalue weighted by atomic mass is 127. The second-order valence-electron chi connectivity index (χ2n) is 3.74. The molecule has 2 aromatic rings. The minimum absolute atomic E-state index is 0.151. The molecule has 1 aromatic carbocycles. The van der Waals surface area contributed by atoms with Crippen LogP contribution in [0.3, 0.4) is 0 Å². The zero-order valence-electron chi connectivity index (χ0n) is 10.3. The first-order valence-corrected chi connectivity index (χ1v) is 7.35. The van der Waals surface area contributed by atoms with Crippen LogP contribution in [0.15, 0.2) is 29.6 Å². The lowest BCUT2D eigenvalue weighted by Gasteiger charge is -2.06. The number of amides is 1. The fourth-order valence-corrected chi connectivity index (χ4v) is 2.87. The zero-order valence-corrected chi connectivity index (χ0v) is 13.2. The second kappa shape index (κ2) is 6.18. The second-order valence-corrected chi connectivity index (χ2v) is 6.54. The molecule has 0 aliphatic heterocycles. The fourth-order valence-electron chi connectivity index (χ4n) is 1.54. The molecule has 0 saturated heterocycles. The van der Waals surface area contributed by atoms with Crippen LogP contribution in [0.25, 0.3) is 0 Å². The summed E-state index contributed by atoms with van der Waals surface area (Å²) in [7, 11) is 1.36. The van der Waals surface area contributed by atoms with E-state index in [1.807, 2.05) is 0 Å². The number of methoxy groups -OCH3 is 1. The molecule has 0 radical (unpaired) electrons. The molecule has 2 rings (SSSR count). The van der Waals surface area contributed by atoms with Gasteiger partial charge in [0.2, 0.25) is 0 Å². The monoisotopic (exact) mass is 404 g/mol. The highest BCUT2D eigenvalue weighted by molar-refractivity contribution is 14.1. The van der Waals surface area contributed by atoms with Crippen LogP contribution in [0.2, 0.25) is 0 Å². The fraction of sp³-hybridized carbons (Fsp3) is 0.0833. The largest absolute Gasteiger partial charge is 0.490 e. The van der Waals surface area contributed by atoms with Crippen molar-refractivity contribution in [2.24, 2.45) is 0 Å². The van der Waals surface area contributed by atoms with Gasteiger partial charge in [-0.3, -0.25) is 14.9 Å². The first-order valence-electron chi connectivity index (χ1n) is 5.39. The molecule has 0 saturated carbocycles. The van der Waals surface area contributed by atoms with Crippen molar-refractivity contribution >= 4 is 51.2 Å². The van der Waals surface area contributed by atoms with Crippen LogP contribution in [-0.4, -0.2) is 17.9 Å². The van der Waals surface area contributed by atoms with Crippen molar-refractivity contribution in [1.29, 1.82) is 0 Å². The number of carbonyl (C=O) groups is 1. The number of benzene rings is 1. The number of anilines is 1. The number of thiophene rings is 1. The highest BCUT2D eigenvalue weighted by Gasteiger charge is 2.16. The first-order chi connectivity index (χ1) is 9.51. The predicted octanol–water partition coefficient (Wildman–Crippen LogP) is 3.52. The molecule has 0 unspecified atom stereocenters. The van der Waals surface area contributed by atoms with Gasteiger partial charge in [-0.1, -0.05) is 0 Å². The van der Waals surface area contributed by atoms with Crippen LogP contribution in [0, 0.1) is 13.0 Å². The summed E-state index contributed by atoms with van der Waals surface area (Å²) in [5.74, 6) is -0.151. The number of hydrogen-bond acceptors (Lipinski definition) is 5. The molecule has 1 heterocycles. The van der Waals surface area contributed by atoms with Crippen LogP contribution in [0.5, 0.6) is 5.75 Å². The maximum atomic E-state index is 12.0. The molecule has 1 amide bonds. The molecule has 104 valence electrons. The van der Waals surface area contributed by atoms with Crippen LogP contribution in [0.1, 0.15) is 10.4 Å². The molecule has 0 spiro atoms. The summed E-state index contributed by atoms with van der Waals surface area (Å²) in [5, 5.41) is 15.3. The quantitative estimate of drug-likeness (QED) is 0.480. The maximum Gasteiger partial charge on any atom is 0.312 e. The lowest BCUT2D eigenvalue weighted by molar-refractivity contribution is -0.385. The van der Waals surface area contributed by atoms with E-state index >= 15 is 0 Å². The Hall–Kier alpha value is -1.68. The third kappa shape index (κ3) is 3.25. The smallest absolute Gasteiger partial charge is 0.312 e. The van der Waals surface area contributed by atoms with E-state index in [9.17, 15) is 14.9 Å². The summed E-state index contributed by atoms with van der Waals surface area (Å²) in [6.45, 7) is 0. The molecule has 1 aromatic heterocycles. The van der Waals surface area contributed by atoms with E-state index in [0.717, 1.165) is 2.88 Å². The lowest BCUT2D eigenvalue weighted by atomic mass is 10.2. The minimum atomic E-state index is -0.554. The Balaban J connectivity index is 2.23. The van der Waals surface area contributed by atoms with Crippen molar-refractivity contribution in [3.8, 4) is 5.75 Å². The lowest BCUT2D eigenvalue weighted by Crippen LogP contribution is -2.11. The van der Waals surface area contributed by atoms with E-state index < -0.39 is 4.92 Å². The Morgan fingerprint density at radius 1 is 1.45 bits per heavy atom. The van der Waals surface area contributed by atoms with Crippen molar-refractivity contribution in [2.75, 3.05) is 12.4 Å². The van der Waals surface area contributed by atoms with Crippen LogP contribution >= 0.6 is 33.9 Å². The van der Waals surface area contributed by atoms with Gasteiger partial charge in [0.15, 0.2) is 5.75 Å². The molecule has 0 bridgehead atoms. The number of ether oxygens (including phenoxy) is 1. The molecule has 0 aliphatic rings. The summed E-state index contributed by atoms with van der Waals surface area (Å²) in [6, 6.07) is 6.03. The van der Waals surface area contributed by atoms with Crippen molar-refractivity contribution in [2.45, 2.75) is 0 Å². The third-order valence-electron chi connectivity index (χ3n) is 2.46. The number of carbonyl (C=O) groups excluding carboxylic acids is 1. The Bertz CT molecular complexity index is 671. The number of nitro groups is 1. The summed E-state index contributed by atoms with van der Waals surface area (Å²) < 4.78 is 5.89. The molecular formula is C12H9IN2O4S. The van der Waals surface area contributed by atoms with Gasteiger partial charge < -0.3 is 10.1 Å². The summed E-state index contributed by atoms with van der Waals surface area (Å²) in [6.07, 6.45) is 0. The number of nitro benzene ring substituents is 1. The number of hydrogen-bond donors (Lipinski definition) is 1. The van der Waals surface area contributed by atoms with E-state index in [0.29, 0.717) is 11.3 Å². The van der Waals surface area contributed by atoms with Crippen molar-refractivity contribution in [1.82, 2.24) is 0 Å². The van der Waals surface area contributed by atoms with E-state index in [1.54, 1.807) is 17.5 Å². The molecule has 0 atom stereocenters. The van der Waals surface area contributed by atoms with Crippen molar-refractivity contribution < 1.29 is 14.5 Å². The van der Waals surface area contributed by atoms with E-state index in [2.05, 4.69) is 27.9 Å². The summed E-state index contributed by atoms with van der Waals surface area (Å²) in [4.78, 5) is 22.3. The highest BCUT2D eigenvalue weighted by Crippen LogP contribution is 2.30. The van der Waals surface area contributed by atoms with E-state index in [4.69, 9.17) is 4.74 Å². The van der Waals surface area contributed by atoms with Gasteiger partial charge in [-0.15, -0.1) is 11.3 Å². The number of halogens is 1. The maximum absolute atomic E-state index is 12.0. The topological polar surface area (TPSA) is 81.5 Å². The SMILES string of the molecule is COc1ccc(NC(=O)c2csc(I)c2)cc1[N+](=O)[O-]. The summed E-state index contributed by atoms with van der Waals surface area (Å²) in [5.41, 5.74) is 0.687. The number of nitrogens with zero attached hydrogens (tertiary/aromatic N) is 1. The first kappa shape index (κ1) is 14.7. The predicted molar refractivity (Wildman–Crippen MR) is 84.6 cm³/mol. The van der Waals surface area contributed by atoms with Crippen molar-refractivity contribution in [3.05, 3.63) is 48.2 Å². The Morgan fingerprint density at radius 2 is 2.20 bits per heavy atom. The van der Waals surface area contributed by atoms with E-state index in [1.165, 1.54) is 30.6 Å². The molecule has 0 fully saturated rings. The minimum Gasteiger partial charge on any atom is -0.490 e. The Morgan fingerprint density at radius 3 is 2.75 bits per heavy atom. The van der Waals surface area contributed by atoms with Crippen LogP contribution < -0.4 is 10.1 Å². The molecular weight excluding hydrogens is 395 g/mol. The normalized spacial score (nSPS) is 10.1. The summed E-state index contributed by atoms with van der Waals surface area (Å²) >= 11 is 3.58. The van der Waals surface area contributed by atoms with Gasteiger partial charge in [0.1, 0.15) is 0 Å². The standard InChI is InChI=1S/C12H9IN2O4S/c1-19-10-3-2-8(5-9(10)15(17)18)14-12(16)7-4-11(13)20-6-7/h2-6H,1H3,(H,14,16). The Kier molecular flexibility index (Phi) is 4.55. The molecule has 0 aliphatic carbocycles. The third-order valence-corrected chi connectivity index (χ3v) is 4.25. The van der Waals surface area contributed by atoms with E-state index in [-0.39, 0.29) is 17.3 Å². The van der Waals surface area contributed by atoms with Crippen LogP contribution in [-0.2, 0) is 0 Å². The molecule has 20 heavy (non-hydrogen) atoms. The number of nitrogens with one attached hydrogen (secondary N) is 1. The van der Waals surface area contributed by atoms with Gasteiger partial charge in [0.25, 0.3) is 5.91 Å². The van der Waals surface area contributed by atoms with Gasteiger partial charge in [0, 0.05) is 17.1 Å². The molecule has 8 heteroatoms. The average molecular weight is 404 g/mol. The molecule has 6 nitrogen and oxygen atoms in total. The van der Waals surface area contributed by atoms with Gasteiger partial charge >= 0.3 is 5.69 Å².